The van der Waals surface area contributed by atoms with Crippen LogP contribution >= 0.6 is 0 Å². The lowest BCUT2D eigenvalue weighted by molar-refractivity contribution is 0.389. The predicted octanol–water partition coefficient (Wildman–Crippen LogP) is 6.21. The van der Waals surface area contributed by atoms with Crippen LogP contribution in [0.3, 0.4) is 0 Å². The van der Waals surface area contributed by atoms with Crippen LogP contribution in [0.4, 0.5) is 5.82 Å². The second kappa shape index (κ2) is 13.6. The molecule has 0 saturated carbocycles. The van der Waals surface area contributed by atoms with E-state index in [9.17, 15) is 4.79 Å². The van der Waals surface area contributed by atoms with Crippen molar-refractivity contribution in [2.45, 2.75) is 99.0 Å². The van der Waals surface area contributed by atoms with E-state index in [1.54, 1.807) is 6.07 Å². The van der Waals surface area contributed by atoms with Gasteiger partial charge in [0.15, 0.2) is 0 Å². The Labute approximate surface area is 172 Å². The lowest BCUT2D eigenvalue weighted by Gasteiger charge is -2.15. The number of hydrogen-bond acceptors (Lipinski definition) is 3. The summed E-state index contributed by atoms with van der Waals surface area (Å²) in [6, 6.07) is 1.66. The topological polar surface area (TPSA) is 60.9 Å². The molecule has 0 aliphatic carbocycles. The molecule has 1 aromatic rings. The standard InChI is InChI=1S/C24H43N3O/c1-19(2)9-6-10-20(3)11-7-12-21(4)13-8-14-22(5)16-18-27-23(25)15-17-26-24(27)28/h15-17,19-21H,6-14,18,25H2,1-5H3/b22-16+/t20-,21-/m1/s1. The van der Waals surface area contributed by atoms with Gasteiger partial charge in [-0.05, 0) is 43.6 Å². The van der Waals surface area contributed by atoms with Crippen molar-refractivity contribution in [2.24, 2.45) is 17.8 Å². The normalized spacial score (nSPS) is 14.4. The summed E-state index contributed by atoms with van der Waals surface area (Å²) in [5.41, 5.74) is 6.89. The van der Waals surface area contributed by atoms with Crippen molar-refractivity contribution in [3.05, 3.63) is 34.4 Å². The van der Waals surface area contributed by atoms with Gasteiger partial charge in [-0.25, -0.2) is 9.78 Å². The Morgan fingerprint density at radius 3 is 2.18 bits per heavy atom. The summed E-state index contributed by atoms with van der Waals surface area (Å²) < 4.78 is 1.51. The maximum absolute atomic E-state index is 11.7. The third-order valence-electron chi connectivity index (χ3n) is 5.74. The average molecular weight is 390 g/mol. The summed E-state index contributed by atoms with van der Waals surface area (Å²) >= 11 is 0. The Hall–Kier alpha value is -1.58. The van der Waals surface area contributed by atoms with Crippen LogP contribution in [0, 0.1) is 17.8 Å². The zero-order valence-electron chi connectivity index (χ0n) is 18.9. The van der Waals surface area contributed by atoms with Crippen LogP contribution in [0.2, 0.25) is 0 Å². The van der Waals surface area contributed by atoms with Crippen LogP contribution in [0.5, 0.6) is 0 Å². The third-order valence-corrected chi connectivity index (χ3v) is 5.74. The third kappa shape index (κ3) is 10.7. The molecular weight excluding hydrogens is 346 g/mol. The molecule has 0 aliphatic rings. The van der Waals surface area contributed by atoms with Gasteiger partial charge in [0.2, 0.25) is 0 Å². The minimum Gasteiger partial charge on any atom is -0.385 e. The van der Waals surface area contributed by atoms with Gasteiger partial charge in [0.25, 0.3) is 0 Å². The second-order valence-corrected chi connectivity index (χ2v) is 9.17. The second-order valence-electron chi connectivity index (χ2n) is 9.17. The van der Waals surface area contributed by atoms with Crippen molar-refractivity contribution in [3.63, 3.8) is 0 Å². The Balaban J connectivity index is 2.18. The number of rotatable bonds is 14. The quantitative estimate of drug-likeness (QED) is 0.385. The lowest BCUT2D eigenvalue weighted by atomic mass is 9.91. The molecule has 4 heteroatoms. The summed E-state index contributed by atoms with van der Waals surface area (Å²) in [4.78, 5) is 15.5. The molecule has 0 spiro atoms. The molecule has 0 bridgehead atoms. The van der Waals surface area contributed by atoms with Gasteiger partial charge in [-0.3, -0.25) is 4.57 Å². The molecule has 2 atom stereocenters. The van der Waals surface area contributed by atoms with E-state index in [-0.39, 0.29) is 5.69 Å². The van der Waals surface area contributed by atoms with Crippen LogP contribution in [0.1, 0.15) is 92.4 Å². The highest BCUT2D eigenvalue weighted by atomic mass is 16.1. The van der Waals surface area contributed by atoms with E-state index in [4.69, 9.17) is 5.73 Å². The first-order chi connectivity index (χ1) is 13.3. The predicted molar refractivity (Wildman–Crippen MR) is 121 cm³/mol. The molecule has 28 heavy (non-hydrogen) atoms. The fourth-order valence-electron chi connectivity index (χ4n) is 3.69. The van der Waals surface area contributed by atoms with E-state index in [0.29, 0.717) is 12.4 Å². The average Bonchev–Trinajstić information content (AvgIpc) is 2.61. The summed E-state index contributed by atoms with van der Waals surface area (Å²) in [7, 11) is 0. The van der Waals surface area contributed by atoms with Crippen LogP contribution < -0.4 is 11.4 Å². The van der Waals surface area contributed by atoms with E-state index >= 15 is 0 Å². The van der Waals surface area contributed by atoms with Crippen molar-refractivity contribution in [1.29, 1.82) is 0 Å². The first kappa shape index (κ1) is 24.5. The number of allylic oxidation sites excluding steroid dienone is 2. The molecule has 1 aromatic heterocycles. The molecule has 1 heterocycles. The Bertz CT molecular complexity index is 633. The molecule has 0 aromatic carbocycles. The molecule has 0 unspecified atom stereocenters. The van der Waals surface area contributed by atoms with Crippen LogP contribution in [0.15, 0.2) is 28.7 Å². The molecule has 1 rings (SSSR count). The van der Waals surface area contributed by atoms with Gasteiger partial charge < -0.3 is 5.73 Å². The molecule has 4 nitrogen and oxygen atoms in total. The highest BCUT2D eigenvalue weighted by Crippen LogP contribution is 2.22. The first-order valence-electron chi connectivity index (χ1n) is 11.3. The van der Waals surface area contributed by atoms with Crippen molar-refractivity contribution < 1.29 is 0 Å². The van der Waals surface area contributed by atoms with Gasteiger partial charge in [0.1, 0.15) is 5.82 Å². The van der Waals surface area contributed by atoms with Crippen molar-refractivity contribution >= 4 is 5.82 Å². The fourth-order valence-corrected chi connectivity index (χ4v) is 3.69. The van der Waals surface area contributed by atoms with Crippen molar-refractivity contribution in [2.75, 3.05) is 5.73 Å². The highest BCUT2D eigenvalue weighted by Gasteiger charge is 2.07. The first-order valence-corrected chi connectivity index (χ1v) is 11.3. The fraction of sp³-hybridized carbons (Fsp3) is 0.750. The highest BCUT2D eigenvalue weighted by molar-refractivity contribution is 5.26. The van der Waals surface area contributed by atoms with Crippen LogP contribution in [-0.4, -0.2) is 9.55 Å². The molecule has 160 valence electrons. The molecule has 0 radical (unpaired) electrons. The molecule has 2 N–H and O–H groups in total. The monoisotopic (exact) mass is 389 g/mol. The van der Waals surface area contributed by atoms with Gasteiger partial charge in [0, 0.05) is 12.7 Å². The lowest BCUT2D eigenvalue weighted by Crippen LogP contribution is -2.24. The van der Waals surface area contributed by atoms with Crippen molar-refractivity contribution in [1.82, 2.24) is 9.55 Å². The van der Waals surface area contributed by atoms with E-state index in [0.717, 1.165) is 24.2 Å². The molecule has 0 amide bonds. The summed E-state index contributed by atoms with van der Waals surface area (Å²) in [6.45, 7) is 12.1. The van der Waals surface area contributed by atoms with E-state index < -0.39 is 0 Å². The smallest absolute Gasteiger partial charge is 0.349 e. The van der Waals surface area contributed by atoms with E-state index in [1.165, 1.54) is 67.7 Å². The van der Waals surface area contributed by atoms with Crippen LogP contribution in [-0.2, 0) is 6.54 Å². The number of nitrogens with zero attached hydrogens (tertiary/aromatic N) is 2. The van der Waals surface area contributed by atoms with E-state index in [2.05, 4.69) is 45.7 Å². The van der Waals surface area contributed by atoms with Gasteiger partial charge in [-0.2, -0.15) is 0 Å². The number of anilines is 1. The summed E-state index contributed by atoms with van der Waals surface area (Å²) in [5.74, 6) is 2.98. The Morgan fingerprint density at radius 2 is 1.61 bits per heavy atom. The molecule has 0 aliphatic heterocycles. The van der Waals surface area contributed by atoms with Crippen LogP contribution in [0.25, 0.3) is 0 Å². The Kier molecular flexibility index (Phi) is 11.9. The maximum atomic E-state index is 11.7. The SMILES string of the molecule is C/C(=C\Cn1c(N)ccnc1=O)CCC[C@H](C)CCC[C@H](C)CCCC(C)C. The number of nitrogens with two attached hydrogens (primary N) is 1. The summed E-state index contributed by atoms with van der Waals surface area (Å²) in [6.07, 6.45) is 15.4. The molecule has 0 fully saturated rings. The zero-order chi connectivity index (χ0) is 20.9. The van der Waals surface area contributed by atoms with Gasteiger partial charge in [-0.15, -0.1) is 0 Å². The maximum Gasteiger partial charge on any atom is 0.349 e. The largest absolute Gasteiger partial charge is 0.385 e. The number of nitrogen functional groups attached to an aromatic ring is 1. The van der Waals surface area contributed by atoms with Gasteiger partial charge in [0.05, 0.1) is 0 Å². The molecule has 0 saturated heterocycles. The molecular formula is C24H43N3O. The number of aromatic nitrogens is 2. The van der Waals surface area contributed by atoms with Gasteiger partial charge in [-0.1, -0.05) is 84.3 Å². The van der Waals surface area contributed by atoms with Crippen molar-refractivity contribution in [3.8, 4) is 0 Å². The van der Waals surface area contributed by atoms with E-state index in [1.807, 2.05) is 0 Å². The summed E-state index contributed by atoms with van der Waals surface area (Å²) in [5, 5.41) is 0. The number of hydrogen-bond donors (Lipinski definition) is 1. The zero-order valence-corrected chi connectivity index (χ0v) is 18.9. The minimum absolute atomic E-state index is 0.281. The Morgan fingerprint density at radius 1 is 1.04 bits per heavy atom. The van der Waals surface area contributed by atoms with Gasteiger partial charge >= 0.3 is 5.69 Å². The minimum atomic E-state index is -0.281.